The molecule has 5 heteroatoms. The summed E-state index contributed by atoms with van der Waals surface area (Å²) in [6.07, 6.45) is 0.885. The van der Waals surface area contributed by atoms with Gasteiger partial charge in [0, 0.05) is 24.3 Å². The van der Waals surface area contributed by atoms with E-state index in [1.807, 2.05) is 32.0 Å². The molecule has 2 rings (SSSR count). The zero-order valence-corrected chi connectivity index (χ0v) is 15.5. The molecular formula is C21H27N3O2. The van der Waals surface area contributed by atoms with Crippen LogP contribution in [0.2, 0.25) is 0 Å². The van der Waals surface area contributed by atoms with Crippen molar-refractivity contribution in [1.82, 2.24) is 10.2 Å². The monoisotopic (exact) mass is 353 g/mol. The van der Waals surface area contributed by atoms with Crippen LogP contribution in [0.15, 0.2) is 54.6 Å². The topological polar surface area (TPSA) is 61.4 Å². The summed E-state index contributed by atoms with van der Waals surface area (Å²) >= 11 is 0. The molecule has 0 spiro atoms. The van der Waals surface area contributed by atoms with Gasteiger partial charge in [0.1, 0.15) is 0 Å². The molecular weight excluding hydrogens is 326 g/mol. The molecule has 0 aliphatic rings. The van der Waals surface area contributed by atoms with Crippen molar-refractivity contribution in [1.29, 1.82) is 0 Å². The zero-order chi connectivity index (χ0) is 18.8. The standard InChI is InChI=1S/C21H27N3O2/c1-3-24(4-2)21(26)18-10-12-19(13-11-18)23-20(25)16-22-15-14-17-8-6-5-7-9-17/h5-13,22H,3-4,14-16H2,1-2H3,(H,23,25). The van der Waals surface area contributed by atoms with E-state index in [0.29, 0.717) is 24.3 Å². The summed E-state index contributed by atoms with van der Waals surface area (Å²) in [5, 5.41) is 5.98. The quantitative estimate of drug-likeness (QED) is 0.682. The van der Waals surface area contributed by atoms with E-state index < -0.39 is 0 Å². The fourth-order valence-corrected chi connectivity index (χ4v) is 2.67. The molecule has 2 N–H and O–H groups in total. The van der Waals surface area contributed by atoms with E-state index in [9.17, 15) is 9.59 Å². The Balaban J connectivity index is 1.75. The molecule has 138 valence electrons. The van der Waals surface area contributed by atoms with Gasteiger partial charge in [0.15, 0.2) is 0 Å². The lowest BCUT2D eigenvalue weighted by Crippen LogP contribution is -2.30. The molecule has 2 aromatic rings. The van der Waals surface area contributed by atoms with Gasteiger partial charge >= 0.3 is 0 Å². The number of rotatable bonds is 9. The van der Waals surface area contributed by atoms with Gasteiger partial charge in [-0.05, 0) is 56.6 Å². The summed E-state index contributed by atoms with van der Waals surface area (Å²) in [5.41, 5.74) is 2.57. The van der Waals surface area contributed by atoms with Crippen LogP contribution in [-0.4, -0.2) is 42.9 Å². The number of nitrogens with one attached hydrogen (secondary N) is 2. The summed E-state index contributed by atoms with van der Waals surface area (Å²) in [4.78, 5) is 26.0. The second-order valence-electron chi connectivity index (χ2n) is 6.02. The van der Waals surface area contributed by atoms with Crippen molar-refractivity contribution in [3.8, 4) is 0 Å². The van der Waals surface area contributed by atoms with Gasteiger partial charge in [-0.15, -0.1) is 0 Å². The number of carbonyl (C=O) groups excluding carboxylic acids is 2. The molecule has 0 heterocycles. The van der Waals surface area contributed by atoms with E-state index in [1.165, 1.54) is 5.56 Å². The first-order valence-electron chi connectivity index (χ1n) is 9.07. The van der Waals surface area contributed by atoms with E-state index in [-0.39, 0.29) is 18.4 Å². The third-order valence-corrected chi connectivity index (χ3v) is 4.19. The van der Waals surface area contributed by atoms with Crippen molar-refractivity contribution >= 4 is 17.5 Å². The zero-order valence-electron chi connectivity index (χ0n) is 15.5. The van der Waals surface area contributed by atoms with Gasteiger partial charge in [0.25, 0.3) is 5.91 Å². The molecule has 0 saturated carbocycles. The molecule has 0 aliphatic carbocycles. The largest absolute Gasteiger partial charge is 0.339 e. The van der Waals surface area contributed by atoms with Crippen LogP contribution in [0.1, 0.15) is 29.8 Å². The molecule has 2 aromatic carbocycles. The minimum Gasteiger partial charge on any atom is -0.339 e. The van der Waals surface area contributed by atoms with Crippen LogP contribution < -0.4 is 10.6 Å². The van der Waals surface area contributed by atoms with Gasteiger partial charge in [0.2, 0.25) is 5.91 Å². The van der Waals surface area contributed by atoms with Gasteiger partial charge in [-0.25, -0.2) is 0 Å². The van der Waals surface area contributed by atoms with Crippen LogP contribution in [0.3, 0.4) is 0 Å². The Hall–Kier alpha value is -2.66. The van der Waals surface area contributed by atoms with Crippen LogP contribution in [0, 0.1) is 0 Å². The summed E-state index contributed by atoms with van der Waals surface area (Å²) < 4.78 is 0. The Bertz CT molecular complexity index is 695. The molecule has 2 amide bonds. The Kier molecular flexibility index (Phi) is 7.83. The fraction of sp³-hybridized carbons (Fsp3) is 0.333. The maximum absolute atomic E-state index is 12.3. The van der Waals surface area contributed by atoms with Crippen molar-refractivity contribution in [2.45, 2.75) is 20.3 Å². The van der Waals surface area contributed by atoms with Gasteiger partial charge in [0.05, 0.1) is 6.54 Å². The first-order valence-corrected chi connectivity index (χ1v) is 9.07. The Labute approximate surface area is 155 Å². The number of carbonyl (C=O) groups is 2. The second kappa shape index (κ2) is 10.4. The van der Waals surface area contributed by atoms with Crippen molar-refractivity contribution in [3.05, 3.63) is 65.7 Å². The minimum absolute atomic E-state index is 0.00968. The molecule has 0 radical (unpaired) electrons. The predicted octanol–water partition coefficient (Wildman–Crippen LogP) is 2.94. The molecule has 26 heavy (non-hydrogen) atoms. The van der Waals surface area contributed by atoms with E-state index in [0.717, 1.165) is 13.0 Å². The smallest absolute Gasteiger partial charge is 0.253 e. The lowest BCUT2D eigenvalue weighted by Gasteiger charge is -2.18. The first-order chi connectivity index (χ1) is 12.6. The lowest BCUT2D eigenvalue weighted by molar-refractivity contribution is -0.115. The van der Waals surface area contributed by atoms with E-state index >= 15 is 0 Å². The second-order valence-corrected chi connectivity index (χ2v) is 6.02. The Morgan fingerprint density at radius 1 is 0.923 bits per heavy atom. The van der Waals surface area contributed by atoms with Crippen molar-refractivity contribution in [2.24, 2.45) is 0 Å². The maximum Gasteiger partial charge on any atom is 0.253 e. The SMILES string of the molecule is CCN(CC)C(=O)c1ccc(NC(=O)CNCCc2ccccc2)cc1. The molecule has 0 atom stereocenters. The molecule has 0 unspecified atom stereocenters. The van der Waals surface area contributed by atoms with E-state index in [2.05, 4.69) is 22.8 Å². The number of nitrogens with zero attached hydrogens (tertiary/aromatic N) is 1. The van der Waals surface area contributed by atoms with Gasteiger partial charge in [-0.2, -0.15) is 0 Å². The number of anilines is 1. The minimum atomic E-state index is -0.0964. The van der Waals surface area contributed by atoms with Crippen molar-refractivity contribution in [3.63, 3.8) is 0 Å². The summed E-state index contributed by atoms with van der Waals surface area (Å²) in [5.74, 6) is -0.0867. The Morgan fingerprint density at radius 2 is 1.58 bits per heavy atom. The highest BCUT2D eigenvalue weighted by molar-refractivity contribution is 5.96. The average molecular weight is 353 g/mol. The third-order valence-electron chi connectivity index (χ3n) is 4.19. The maximum atomic E-state index is 12.3. The first kappa shape index (κ1) is 19.7. The molecule has 0 saturated heterocycles. The van der Waals surface area contributed by atoms with Crippen molar-refractivity contribution < 1.29 is 9.59 Å². The lowest BCUT2D eigenvalue weighted by atomic mass is 10.1. The van der Waals surface area contributed by atoms with Gasteiger partial charge < -0.3 is 15.5 Å². The number of benzene rings is 2. The van der Waals surface area contributed by atoms with Crippen LogP contribution >= 0.6 is 0 Å². The highest BCUT2D eigenvalue weighted by atomic mass is 16.2. The molecule has 0 aromatic heterocycles. The normalized spacial score (nSPS) is 10.4. The van der Waals surface area contributed by atoms with Crippen LogP contribution in [0.5, 0.6) is 0 Å². The third kappa shape index (κ3) is 6.01. The van der Waals surface area contributed by atoms with E-state index in [4.69, 9.17) is 0 Å². The Morgan fingerprint density at radius 3 is 2.19 bits per heavy atom. The average Bonchev–Trinajstić information content (AvgIpc) is 2.67. The summed E-state index contributed by atoms with van der Waals surface area (Å²) in [6.45, 7) is 6.29. The summed E-state index contributed by atoms with van der Waals surface area (Å²) in [7, 11) is 0. The number of hydrogen-bond donors (Lipinski definition) is 2. The number of amides is 2. The fourth-order valence-electron chi connectivity index (χ4n) is 2.67. The van der Waals surface area contributed by atoms with E-state index in [1.54, 1.807) is 29.2 Å². The van der Waals surface area contributed by atoms with Crippen molar-refractivity contribution in [2.75, 3.05) is 31.5 Å². The van der Waals surface area contributed by atoms with Gasteiger partial charge in [-0.3, -0.25) is 9.59 Å². The summed E-state index contributed by atoms with van der Waals surface area (Å²) in [6, 6.07) is 17.2. The highest BCUT2D eigenvalue weighted by Crippen LogP contribution is 2.11. The van der Waals surface area contributed by atoms with Gasteiger partial charge in [-0.1, -0.05) is 30.3 Å². The number of hydrogen-bond acceptors (Lipinski definition) is 3. The molecule has 5 nitrogen and oxygen atoms in total. The van der Waals surface area contributed by atoms with Crippen LogP contribution in [-0.2, 0) is 11.2 Å². The van der Waals surface area contributed by atoms with Crippen LogP contribution in [0.25, 0.3) is 0 Å². The molecule has 0 fully saturated rings. The molecule has 0 bridgehead atoms. The highest BCUT2D eigenvalue weighted by Gasteiger charge is 2.12. The van der Waals surface area contributed by atoms with Crippen LogP contribution in [0.4, 0.5) is 5.69 Å². The predicted molar refractivity (Wildman–Crippen MR) is 105 cm³/mol. The molecule has 0 aliphatic heterocycles.